The zero-order valence-electron chi connectivity index (χ0n) is 12.7. The van der Waals surface area contributed by atoms with Gasteiger partial charge in [-0.05, 0) is 44.9 Å². The minimum Gasteiger partial charge on any atom is -0.267 e. The number of halogens is 1. The Bertz CT molecular complexity index is 594. The van der Waals surface area contributed by atoms with Crippen LogP contribution in [0.1, 0.15) is 44.5 Å². The second kappa shape index (κ2) is 6.89. The van der Waals surface area contributed by atoms with Gasteiger partial charge in [0.1, 0.15) is 5.82 Å². The van der Waals surface area contributed by atoms with E-state index < -0.39 is 23.2 Å². The number of hydrogen-bond acceptors (Lipinski definition) is 2. The predicted molar refractivity (Wildman–Crippen MR) is 78.5 cm³/mol. The van der Waals surface area contributed by atoms with E-state index in [0.717, 1.165) is 11.1 Å². The van der Waals surface area contributed by atoms with Gasteiger partial charge in [-0.3, -0.25) is 15.0 Å². The molecular weight excluding hydrogens is 271 g/mol. The third kappa shape index (κ3) is 4.92. The van der Waals surface area contributed by atoms with Crippen LogP contribution in [0.3, 0.4) is 0 Å². The zero-order chi connectivity index (χ0) is 16.0. The number of hydrogen-bond donors (Lipinski definition) is 1. The van der Waals surface area contributed by atoms with Gasteiger partial charge in [0, 0.05) is 12.0 Å². The predicted octanol–water partition coefficient (Wildman–Crippen LogP) is 2.51. The molecule has 0 unspecified atom stereocenters. The van der Waals surface area contributed by atoms with Crippen molar-refractivity contribution in [1.82, 2.24) is 10.4 Å². The maximum absolute atomic E-state index is 13.1. The maximum Gasteiger partial charge on any atom is 0.317 e. The maximum atomic E-state index is 13.1. The average Bonchev–Trinajstić information content (AvgIpc) is 2.40. The van der Waals surface area contributed by atoms with Crippen LogP contribution in [0.25, 0.3) is 0 Å². The van der Waals surface area contributed by atoms with E-state index in [-0.39, 0.29) is 5.56 Å². The molecule has 1 N–H and O–H groups in total. The number of nitrogens with zero attached hydrogens (tertiary/aromatic N) is 1. The highest BCUT2D eigenvalue weighted by molar-refractivity contribution is 5.99. The number of amides is 2. The lowest BCUT2D eigenvalue weighted by atomic mass is 10.1. The second-order valence-corrected chi connectivity index (χ2v) is 5.42. The highest BCUT2D eigenvalue weighted by atomic mass is 19.1. The summed E-state index contributed by atoms with van der Waals surface area (Å²) in [5, 5.41) is 1.16. The summed E-state index contributed by atoms with van der Waals surface area (Å²) in [6.45, 7) is 7.13. The summed E-state index contributed by atoms with van der Waals surface area (Å²) >= 11 is 0. The van der Waals surface area contributed by atoms with Gasteiger partial charge in [-0.2, -0.15) is 0 Å². The van der Waals surface area contributed by atoms with Crippen molar-refractivity contribution in [3.63, 3.8) is 0 Å². The van der Waals surface area contributed by atoms with Gasteiger partial charge in [0.15, 0.2) is 0 Å². The molecule has 0 fully saturated rings. The SMILES string of the molecule is CCC#CC(=O)N(NC(=O)c1cccc(F)c1)C(C)(C)C. The molecule has 0 aliphatic carbocycles. The van der Waals surface area contributed by atoms with Gasteiger partial charge in [-0.15, -0.1) is 0 Å². The van der Waals surface area contributed by atoms with Crippen LogP contribution in [0, 0.1) is 17.7 Å². The minimum atomic E-state index is -0.650. The Morgan fingerprint density at radius 3 is 2.52 bits per heavy atom. The summed E-state index contributed by atoms with van der Waals surface area (Å²) in [7, 11) is 0. The Labute approximate surface area is 124 Å². The van der Waals surface area contributed by atoms with Crippen LogP contribution in [-0.4, -0.2) is 22.4 Å². The molecule has 1 aromatic rings. The Kier molecular flexibility index (Phi) is 5.48. The number of benzene rings is 1. The smallest absolute Gasteiger partial charge is 0.267 e. The molecule has 112 valence electrons. The summed E-state index contributed by atoms with van der Waals surface area (Å²) in [6, 6.07) is 5.26. The highest BCUT2D eigenvalue weighted by Gasteiger charge is 2.27. The van der Waals surface area contributed by atoms with E-state index in [1.54, 1.807) is 20.8 Å². The van der Waals surface area contributed by atoms with Crippen molar-refractivity contribution in [2.24, 2.45) is 0 Å². The monoisotopic (exact) mass is 290 g/mol. The third-order valence-corrected chi connectivity index (χ3v) is 2.55. The quantitative estimate of drug-likeness (QED) is 0.638. The number of carbonyl (C=O) groups is 2. The number of carbonyl (C=O) groups excluding carboxylic acids is 2. The first-order valence-corrected chi connectivity index (χ1v) is 6.65. The van der Waals surface area contributed by atoms with Crippen LogP contribution in [0.4, 0.5) is 4.39 Å². The number of hydrazine groups is 1. The molecule has 5 heteroatoms. The van der Waals surface area contributed by atoms with Gasteiger partial charge in [0.25, 0.3) is 5.91 Å². The van der Waals surface area contributed by atoms with Crippen LogP contribution in [-0.2, 0) is 4.79 Å². The van der Waals surface area contributed by atoms with Gasteiger partial charge in [0.05, 0.1) is 5.54 Å². The lowest BCUT2D eigenvalue weighted by Crippen LogP contribution is -2.55. The van der Waals surface area contributed by atoms with Crippen LogP contribution < -0.4 is 5.43 Å². The molecule has 0 saturated heterocycles. The number of rotatable bonds is 1. The van der Waals surface area contributed by atoms with E-state index >= 15 is 0 Å². The van der Waals surface area contributed by atoms with E-state index in [1.807, 2.05) is 6.92 Å². The van der Waals surface area contributed by atoms with Crippen LogP contribution in [0.5, 0.6) is 0 Å². The molecule has 0 saturated carbocycles. The molecule has 21 heavy (non-hydrogen) atoms. The Balaban J connectivity index is 2.97. The third-order valence-electron chi connectivity index (χ3n) is 2.55. The second-order valence-electron chi connectivity index (χ2n) is 5.42. The Hall–Kier alpha value is -2.35. The molecule has 0 aliphatic heterocycles. The van der Waals surface area contributed by atoms with E-state index in [9.17, 15) is 14.0 Å². The molecule has 0 aromatic heterocycles. The largest absolute Gasteiger partial charge is 0.317 e. The molecule has 0 spiro atoms. The molecule has 0 atom stereocenters. The summed E-state index contributed by atoms with van der Waals surface area (Å²) in [5.74, 6) is 3.55. The molecule has 0 radical (unpaired) electrons. The van der Waals surface area contributed by atoms with Gasteiger partial charge in [0.2, 0.25) is 0 Å². The zero-order valence-corrected chi connectivity index (χ0v) is 12.7. The average molecular weight is 290 g/mol. The van der Waals surface area contributed by atoms with E-state index in [4.69, 9.17) is 0 Å². The van der Waals surface area contributed by atoms with Gasteiger partial charge in [-0.25, -0.2) is 9.40 Å². The summed E-state index contributed by atoms with van der Waals surface area (Å²) < 4.78 is 13.1. The van der Waals surface area contributed by atoms with Crippen molar-refractivity contribution < 1.29 is 14.0 Å². The van der Waals surface area contributed by atoms with Crippen LogP contribution in [0.15, 0.2) is 24.3 Å². The van der Waals surface area contributed by atoms with Gasteiger partial charge >= 0.3 is 5.91 Å². The fourth-order valence-corrected chi connectivity index (χ4v) is 1.54. The lowest BCUT2D eigenvalue weighted by Gasteiger charge is -2.33. The topological polar surface area (TPSA) is 49.4 Å². The minimum absolute atomic E-state index is 0.139. The van der Waals surface area contributed by atoms with E-state index in [1.165, 1.54) is 18.2 Å². The van der Waals surface area contributed by atoms with Crippen molar-refractivity contribution in [3.05, 3.63) is 35.6 Å². The molecule has 4 nitrogen and oxygen atoms in total. The summed E-state index contributed by atoms with van der Waals surface area (Å²) in [5.41, 5.74) is 1.97. The molecule has 2 amide bonds. The van der Waals surface area contributed by atoms with Crippen LogP contribution >= 0.6 is 0 Å². The molecule has 0 heterocycles. The highest BCUT2D eigenvalue weighted by Crippen LogP contribution is 2.12. The van der Waals surface area contributed by atoms with Crippen molar-refractivity contribution >= 4 is 11.8 Å². The summed E-state index contributed by atoms with van der Waals surface area (Å²) in [4.78, 5) is 24.2. The van der Waals surface area contributed by atoms with Gasteiger partial charge < -0.3 is 0 Å². The van der Waals surface area contributed by atoms with Crippen molar-refractivity contribution in [2.75, 3.05) is 0 Å². The van der Waals surface area contributed by atoms with E-state index in [2.05, 4.69) is 17.3 Å². The molecule has 0 aliphatic rings. The molecule has 0 bridgehead atoms. The first kappa shape index (κ1) is 16.7. The van der Waals surface area contributed by atoms with Crippen molar-refractivity contribution in [1.29, 1.82) is 0 Å². The first-order chi connectivity index (χ1) is 9.75. The standard InChI is InChI=1S/C16H19FN2O2/c1-5-6-10-14(20)19(16(2,3)4)18-15(21)12-8-7-9-13(17)11-12/h7-9,11H,5H2,1-4H3,(H,18,21). The fraction of sp³-hybridized carbons (Fsp3) is 0.375. The number of nitrogens with one attached hydrogen (secondary N) is 1. The normalized spacial score (nSPS) is 10.3. The summed E-state index contributed by atoms with van der Waals surface area (Å²) in [6.07, 6.45) is 0.543. The molecule has 1 rings (SSSR count). The van der Waals surface area contributed by atoms with Gasteiger partial charge in [-0.1, -0.05) is 18.9 Å². The Morgan fingerprint density at radius 1 is 1.33 bits per heavy atom. The first-order valence-electron chi connectivity index (χ1n) is 6.65. The lowest BCUT2D eigenvalue weighted by molar-refractivity contribution is -0.132. The van der Waals surface area contributed by atoms with E-state index in [0.29, 0.717) is 6.42 Å². The fourth-order valence-electron chi connectivity index (χ4n) is 1.54. The molecule has 1 aromatic carbocycles. The Morgan fingerprint density at radius 2 is 2.00 bits per heavy atom. The van der Waals surface area contributed by atoms with Crippen molar-refractivity contribution in [3.8, 4) is 11.8 Å². The molecular formula is C16H19FN2O2. The van der Waals surface area contributed by atoms with Crippen LogP contribution in [0.2, 0.25) is 0 Å². The van der Waals surface area contributed by atoms with Crippen molar-refractivity contribution in [2.45, 2.75) is 39.7 Å².